The van der Waals surface area contributed by atoms with Crippen molar-refractivity contribution in [3.63, 3.8) is 0 Å². The van der Waals surface area contributed by atoms with Crippen molar-refractivity contribution in [2.45, 2.75) is 6.92 Å². The maximum atomic E-state index is 10.1. The maximum absolute atomic E-state index is 10.1. The normalized spacial score (nSPS) is 10.3. The zero-order chi connectivity index (χ0) is 44.1. The third kappa shape index (κ3) is 11.7. The summed E-state index contributed by atoms with van der Waals surface area (Å²) in [6.07, 6.45) is 3.56. The molecule has 10 aromatic rings. The fourth-order valence-electron chi connectivity index (χ4n) is 6.88. The van der Waals surface area contributed by atoms with Crippen LogP contribution in [0.1, 0.15) is 5.56 Å². The quantitative estimate of drug-likeness (QED) is 0.136. The zero-order valence-corrected chi connectivity index (χ0v) is 40.0. The summed E-state index contributed by atoms with van der Waals surface area (Å²) in [5, 5.41) is 22.3. The summed E-state index contributed by atoms with van der Waals surface area (Å²) in [5.74, 6) is 2.83. The molecule has 9 nitrogen and oxygen atoms in total. The van der Waals surface area contributed by atoms with Gasteiger partial charge in [0.2, 0.25) is 0 Å². The summed E-state index contributed by atoms with van der Waals surface area (Å²) in [5.41, 5.74) is 9.32. The second-order valence-electron chi connectivity index (χ2n) is 14.3. The second kappa shape index (κ2) is 22.7. The number of aromatic nitrogens is 4. The third-order valence-electron chi connectivity index (χ3n) is 10.1. The van der Waals surface area contributed by atoms with Gasteiger partial charge in [0.25, 0.3) is 0 Å². The van der Waals surface area contributed by atoms with Crippen molar-refractivity contribution in [1.29, 1.82) is 0 Å². The largest absolute Gasteiger partial charge is 0.881 e. The molecule has 4 aromatic heterocycles. The Hall–Kier alpha value is -6.81. The van der Waals surface area contributed by atoms with E-state index in [-0.39, 0.29) is 32.6 Å². The van der Waals surface area contributed by atoms with Crippen LogP contribution in [0.5, 0.6) is 28.7 Å². The number of phenols is 2. The Kier molecular flexibility index (Phi) is 16.1. The molecule has 12 heteroatoms. The molecule has 0 spiro atoms. The van der Waals surface area contributed by atoms with Crippen molar-refractivity contribution < 1.29 is 42.6 Å². The molecule has 0 unspecified atom stereocenters. The number of aromatic hydroxyl groups is 2. The van der Waals surface area contributed by atoms with Crippen LogP contribution in [0.15, 0.2) is 207 Å². The van der Waals surface area contributed by atoms with E-state index in [2.05, 4.69) is 50.3 Å². The standard InChI is InChI=1S/C22H16N2O2.C12H10O.C10H9NO.C9H7NO.2Al.Pt.H/c25-21-13-3-1-7-15(21)17-9-5-11-19(23-17)20-12-6-10-18(24-20)16-8-2-4-14-22(16)26;13-12-8-6-11(7-9-12)10-4-2-1-3-5-10;1-7-4-5-8-3-2-6-11-9(8)10(7)12;11-8-5-1-3-7-4-2-6-10-9(7)8;;;;/h1-14,25-26H;1-9,13H;2-6,12H,1H3;1-6,11H;;;;/q;;;;+1;+2;;/p-3. The summed E-state index contributed by atoms with van der Waals surface area (Å²) in [6, 6.07) is 61.7. The van der Waals surface area contributed by atoms with Crippen LogP contribution in [0.4, 0.5) is 0 Å². The first-order chi connectivity index (χ1) is 31.4. The number of para-hydroxylation sites is 3. The smallest absolute Gasteiger partial charge is 0.649 e. The molecule has 10 rings (SSSR count). The molecule has 0 amide bonds. The van der Waals surface area contributed by atoms with Gasteiger partial charge in [-0.1, -0.05) is 115 Å². The predicted molar refractivity (Wildman–Crippen MR) is 257 cm³/mol. The second-order valence-corrected chi connectivity index (χ2v) is 15.3. The molecule has 2 N–H and O–H groups in total. The molecule has 6 aromatic carbocycles. The molecule has 0 saturated carbocycles. The minimum Gasteiger partial charge on any atom is -0.649 e. The molecular weight excluding hydrogens is 1020 g/mol. The van der Waals surface area contributed by atoms with Gasteiger partial charge < -0.3 is 21.6 Å². The minimum absolute atomic E-state index is 0. The van der Waals surface area contributed by atoms with Gasteiger partial charge in [0, 0.05) is 55.4 Å². The average molecular weight is 1060 g/mol. The summed E-state index contributed by atoms with van der Waals surface area (Å²) < 4.78 is 17.0. The Morgan fingerprint density at radius 1 is 0.462 bits per heavy atom. The minimum atomic E-state index is -0.670. The molecule has 4 heterocycles. The first-order valence-electron chi connectivity index (χ1n) is 20.4. The van der Waals surface area contributed by atoms with E-state index in [0.29, 0.717) is 33.9 Å². The van der Waals surface area contributed by atoms with Crippen molar-refractivity contribution in [2.24, 2.45) is 0 Å². The van der Waals surface area contributed by atoms with E-state index in [4.69, 9.17) is 11.4 Å². The number of nitrogens with zero attached hydrogens (tertiary/aromatic N) is 4. The van der Waals surface area contributed by atoms with Gasteiger partial charge in [-0.25, -0.2) is 9.97 Å². The van der Waals surface area contributed by atoms with Gasteiger partial charge in [-0.2, -0.15) is 0 Å². The monoisotopic (exact) mass is 1060 g/mol. The van der Waals surface area contributed by atoms with Gasteiger partial charge in [0.15, 0.2) is 0 Å². The van der Waals surface area contributed by atoms with E-state index in [1.165, 1.54) is 27.8 Å². The number of pyridine rings is 4. The Bertz CT molecular complexity index is 3050. The Morgan fingerprint density at radius 3 is 1.57 bits per heavy atom. The van der Waals surface area contributed by atoms with Crippen molar-refractivity contribution in [3.8, 4) is 73.8 Å². The molecule has 0 aliphatic rings. The van der Waals surface area contributed by atoms with Crippen LogP contribution < -0.4 is 11.4 Å². The molecule has 0 fully saturated rings. The Morgan fingerprint density at radius 2 is 0.969 bits per heavy atom. The number of phenolic OH excluding ortho intramolecular Hbond substituents is 2. The summed E-state index contributed by atoms with van der Waals surface area (Å²) in [4.78, 5) is 18.0. The molecule has 2 radical (unpaired) electrons. The van der Waals surface area contributed by atoms with Gasteiger partial charge in [-0.3, -0.25) is 9.97 Å². The molecule has 0 saturated heterocycles. The van der Waals surface area contributed by atoms with E-state index in [1.807, 2.05) is 146 Å². The number of aryl methyl sites for hydroxylation is 1. The van der Waals surface area contributed by atoms with E-state index >= 15 is 0 Å². The number of hydrogen-bond acceptors (Lipinski definition) is 9. The molecule has 0 atom stereocenters. The molecule has 65 heavy (non-hydrogen) atoms. The number of hydrogen-bond donors (Lipinski definition) is 2. The van der Waals surface area contributed by atoms with Crippen molar-refractivity contribution in [1.82, 2.24) is 19.9 Å². The topological polar surface area (TPSA) is 120 Å². The van der Waals surface area contributed by atoms with Crippen LogP contribution in [-0.4, -0.2) is 62.7 Å². The number of fused-ring (bicyclic) bond motifs is 2. The van der Waals surface area contributed by atoms with Crippen LogP contribution >= 0.6 is 0 Å². The SMILES string of the molecule is Cc1ccc2cccnc2c1[O][Al][O]c1ccc(-c2ccccc2)cc1.Oc1ccccc1-c1cccc(-c2cccc(-c3ccccc3O)n2)n1.[AlH][O]c1cccc2cccnc12.[Pt]. The molecule has 0 aliphatic carbocycles. The van der Waals surface area contributed by atoms with Crippen molar-refractivity contribution >= 4 is 54.3 Å². The zero-order valence-electron chi connectivity index (χ0n) is 35.1. The van der Waals surface area contributed by atoms with Crippen LogP contribution in [0.3, 0.4) is 0 Å². The molecule has 0 aliphatic heterocycles. The van der Waals surface area contributed by atoms with Crippen LogP contribution in [0, 0.1) is 6.92 Å². The van der Waals surface area contributed by atoms with Gasteiger partial charge in [-0.05, 0) is 102 Å². The number of rotatable bonds is 9. The molecule has 0 bridgehead atoms. The van der Waals surface area contributed by atoms with Crippen molar-refractivity contribution in [3.05, 3.63) is 212 Å². The van der Waals surface area contributed by atoms with Crippen molar-refractivity contribution in [2.75, 3.05) is 0 Å². The summed E-state index contributed by atoms with van der Waals surface area (Å²) >= 11 is 0.796. The first kappa shape index (κ1) is 46.2. The van der Waals surface area contributed by atoms with Gasteiger partial charge in [0.05, 0.1) is 28.5 Å². The Balaban J connectivity index is 0.000000154. The van der Waals surface area contributed by atoms with Gasteiger partial charge in [0.1, 0.15) is 34.0 Å². The van der Waals surface area contributed by atoms with Gasteiger partial charge in [-0.15, -0.1) is 0 Å². The van der Waals surface area contributed by atoms with Gasteiger partial charge >= 0.3 is 32.5 Å². The predicted octanol–water partition coefficient (Wildman–Crippen LogP) is 11.5. The summed E-state index contributed by atoms with van der Waals surface area (Å²) in [7, 11) is 0. The maximum Gasteiger partial charge on any atom is 0.881 e. The summed E-state index contributed by atoms with van der Waals surface area (Å²) in [6.45, 7) is 2.03. The van der Waals surface area contributed by atoms with E-state index < -0.39 is 15.9 Å². The fourth-order valence-corrected chi connectivity index (χ4v) is 7.82. The van der Waals surface area contributed by atoms with Crippen LogP contribution in [-0.2, 0) is 21.1 Å². The van der Waals surface area contributed by atoms with E-state index in [1.54, 1.807) is 36.7 Å². The van der Waals surface area contributed by atoms with E-state index in [9.17, 15) is 10.2 Å². The third-order valence-corrected chi connectivity index (χ3v) is 11.1. The van der Waals surface area contributed by atoms with Crippen LogP contribution in [0.25, 0.3) is 66.8 Å². The Labute approximate surface area is 406 Å². The van der Waals surface area contributed by atoms with Crippen LogP contribution in [0.2, 0.25) is 0 Å². The number of benzene rings is 6. The van der Waals surface area contributed by atoms with E-state index in [0.717, 1.165) is 44.6 Å². The fraction of sp³-hybridized carbons (Fsp3) is 0.0189. The first-order valence-corrected chi connectivity index (χ1v) is 21.9. The molecular formula is C53H40Al2N4O5Pt. The molecule has 318 valence electrons. The average Bonchev–Trinajstić information content (AvgIpc) is 3.36.